The van der Waals surface area contributed by atoms with Gasteiger partial charge in [0, 0.05) is 25.6 Å². The number of alkyl carbamates (subject to hydrolysis) is 1. The molecule has 4 atom stereocenters. The normalized spacial score (nSPS) is 25.2. The molecule has 2 aliphatic heterocycles. The van der Waals surface area contributed by atoms with E-state index < -0.39 is 24.1 Å². The van der Waals surface area contributed by atoms with Crippen molar-refractivity contribution >= 4 is 18.0 Å². The number of ether oxygens (including phenoxy) is 2. The van der Waals surface area contributed by atoms with Crippen molar-refractivity contribution in [2.45, 2.75) is 37.9 Å². The van der Waals surface area contributed by atoms with Crippen molar-refractivity contribution in [2.24, 2.45) is 11.8 Å². The van der Waals surface area contributed by atoms with Gasteiger partial charge in [-0.2, -0.15) is 0 Å². The monoisotopic (exact) mass is 478 g/mol. The average molecular weight is 479 g/mol. The van der Waals surface area contributed by atoms with Crippen molar-refractivity contribution in [3.63, 3.8) is 0 Å². The van der Waals surface area contributed by atoms with E-state index in [4.69, 9.17) is 9.47 Å². The van der Waals surface area contributed by atoms with Crippen molar-refractivity contribution < 1.29 is 29.0 Å². The number of amides is 2. The van der Waals surface area contributed by atoms with Crippen LogP contribution in [0.15, 0.2) is 48.5 Å². The van der Waals surface area contributed by atoms with Crippen LogP contribution in [-0.2, 0) is 19.1 Å². The molecular formula is C27H30N2O6. The van der Waals surface area contributed by atoms with Crippen LogP contribution in [0.2, 0.25) is 0 Å². The molecule has 0 spiro atoms. The SMILES string of the molecule is CC1CN(C(=O)C2CCC(CNC(=O)OCC3c4ccccc4-c4ccccc43)O2)CC1C(=O)O. The fourth-order valence-corrected chi connectivity index (χ4v) is 5.56. The molecule has 2 heterocycles. The molecule has 184 valence electrons. The molecule has 0 bridgehead atoms. The summed E-state index contributed by atoms with van der Waals surface area (Å²) < 4.78 is 11.4. The first-order valence-electron chi connectivity index (χ1n) is 12.2. The lowest BCUT2D eigenvalue weighted by atomic mass is 9.98. The van der Waals surface area contributed by atoms with Crippen LogP contribution in [0, 0.1) is 11.8 Å². The zero-order valence-electron chi connectivity index (χ0n) is 19.7. The largest absolute Gasteiger partial charge is 0.481 e. The molecule has 2 amide bonds. The lowest BCUT2D eigenvalue weighted by molar-refractivity contribution is -0.144. The highest BCUT2D eigenvalue weighted by Crippen LogP contribution is 2.44. The van der Waals surface area contributed by atoms with Crippen LogP contribution in [0.3, 0.4) is 0 Å². The predicted octanol–water partition coefficient (Wildman–Crippen LogP) is 3.25. The van der Waals surface area contributed by atoms with Gasteiger partial charge in [0.05, 0.1) is 12.0 Å². The first kappa shape index (κ1) is 23.4. The van der Waals surface area contributed by atoms with Gasteiger partial charge in [0.1, 0.15) is 12.7 Å². The minimum Gasteiger partial charge on any atom is -0.481 e. The molecular weight excluding hydrogens is 448 g/mol. The van der Waals surface area contributed by atoms with Crippen LogP contribution in [0.4, 0.5) is 4.79 Å². The van der Waals surface area contributed by atoms with Crippen LogP contribution >= 0.6 is 0 Å². The van der Waals surface area contributed by atoms with Gasteiger partial charge in [-0.05, 0) is 41.0 Å². The molecule has 8 nitrogen and oxygen atoms in total. The van der Waals surface area contributed by atoms with Gasteiger partial charge < -0.3 is 24.8 Å². The summed E-state index contributed by atoms with van der Waals surface area (Å²) in [5.74, 6) is -1.65. The summed E-state index contributed by atoms with van der Waals surface area (Å²) in [4.78, 5) is 38.1. The molecule has 0 aromatic heterocycles. The molecule has 4 unspecified atom stereocenters. The first-order chi connectivity index (χ1) is 16.9. The average Bonchev–Trinajstić information content (AvgIpc) is 3.57. The highest BCUT2D eigenvalue weighted by atomic mass is 16.5. The van der Waals surface area contributed by atoms with Crippen LogP contribution in [0.5, 0.6) is 0 Å². The van der Waals surface area contributed by atoms with Crippen molar-refractivity contribution in [3.8, 4) is 11.1 Å². The summed E-state index contributed by atoms with van der Waals surface area (Å²) >= 11 is 0. The van der Waals surface area contributed by atoms with E-state index in [0.29, 0.717) is 19.4 Å². The predicted molar refractivity (Wildman–Crippen MR) is 128 cm³/mol. The number of nitrogens with zero attached hydrogens (tertiary/aromatic N) is 1. The van der Waals surface area contributed by atoms with Crippen molar-refractivity contribution in [2.75, 3.05) is 26.2 Å². The Kier molecular flexibility index (Phi) is 6.47. The quantitative estimate of drug-likeness (QED) is 0.660. The molecule has 35 heavy (non-hydrogen) atoms. The van der Waals surface area contributed by atoms with Crippen molar-refractivity contribution in [1.29, 1.82) is 0 Å². The van der Waals surface area contributed by atoms with Gasteiger partial charge >= 0.3 is 12.1 Å². The zero-order valence-corrected chi connectivity index (χ0v) is 19.7. The van der Waals surface area contributed by atoms with Gasteiger partial charge in [0.15, 0.2) is 0 Å². The second-order valence-corrected chi connectivity index (χ2v) is 9.70. The number of hydrogen-bond acceptors (Lipinski definition) is 5. The Balaban J connectivity index is 1.09. The summed E-state index contributed by atoms with van der Waals surface area (Å²) in [5.41, 5.74) is 4.66. The molecule has 3 aliphatic rings. The fourth-order valence-electron chi connectivity index (χ4n) is 5.56. The highest BCUT2D eigenvalue weighted by molar-refractivity contribution is 5.83. The zero-order chi connectivity index (χ0) is 24.5. The molecule has 5 rings (SSSR count). The van der Waals surface area contributed by atoms with E-state index in [2.05, 4.69) is 29.6 Å². The first-order valence-corrected chi connectivity index (χ1v) is 12.2. The molecule has 2 aromatic rings. The van der Waals surface area contributed by atoms with Crippen LogP contribution in [0.1, 0.15) is 36.8 Å². The molecule has 8 heteroatoms. The Morgan fingerprint density at radius 2 is 1.69 bits per heavy atom. The van der Waals surface area contributed by atoms with Crippen molar-refractivity contribution in [1.82, 2.24) is 10.2 Å². The third kappa shape index (κ3) is 4.62. The number of carbonyl (C=O) groups is 3. The Morgan fingerprint density at radius 3 is 2.31 bits per heavy atom. The standard InChI is InChI=1S/C27H30N2O6/c1-16-13-29(14-22(16)26(31)32)25(30)24-11-10-17(35-24)12-28-27(33)34-15-23-20-8-4-2-6-18(20)19-7-3-5-9-21(19)23/h2-9,16-17,22-24H,10-15H2,1H3,(H,28,33)(H,31,32). The van der Waals surface area contributed by atoms with Gasteiger partial charge in [-0.1, -0.05) is 55.5 Å². The van der Waals surface area contributed by atoms with Crippen LogP contribution in [0.25, 0.3) is 11.1 Å². The second kappa shape index (κ2) is 9.70. The lowest BCUT2D eigenvalue weighted by Gasteiger charge is -2.21. The molecule has 0 saturated carbocycles. The van der Waals surface area contributed by atoms with E-state index in [1.807, 2.05) is 31.2 Å². The van der Waals surface area contributed by atoms with E-state index in [-0.39, 0.29) is 43.5 Å². The number of fused-ring (bicyclic) bond motifs is 3. The number of carbonyl (C=O) groups excluding carboxylic acids is 2. The molecule has 2 fully saturated rings. The second-order valence-electron chi connectivity index (χ2n) is 9.70. The molecule has 2 saturated heterocycles. The maximum absolute atomic E-state index is 12.8. The van der Waals surface area contributed by atoms with E-state index >= 15 is 0 Å². The van der Waals surface area contributed by atoms with Crippen LogP contribution < -0.4 is 5.32 Å². The number of nitrogens with one attached hydrogen (secondary N) is 1. The van der Waals surface area contributed by atoms with Crippen LogP contribution in [-0.4, -0.2) is 66.4 Å². The third-order valence-corrected chi connectivity index (χ3v) is 7.44. The summed E-state index contributed by atoms with van der Waals surface area (Å²) in [6.07, 6.45) is -0.184. The number of hydrogen-bond donors (Lipinski definition) is 2. The van der Waals surface area contributed by atoms with Crippen molar-refractivity contribution in [3.05, 3.63) is 59.7 Å². The van der Waals surface area contributed by atoms with Gasteiger partial charge in [0.2, 0.25) is 0 Å². The van der Waals surface area contributed by atoms with E-state index in [0.717, 1.165) is 11.1 Å². The smallest absolute Gasteiger partial charge is 0.407 e. The summed E-state index contributed by atoms with van der Waals surface area (Å²) in [5, 5.41) is 12.1. The minimum atomic E-state index is -0.870. The third-order valence-electron chi connectivity index (χ3n) is 7.44. The molecule has 2 aromatic carbocycles. The number of carboxylic acid groups (broad SMARTS) is 1. The van der Waals surface area contributed by atoms with Gasteiger partial charge in [0.25, 0.3) is 5.91 Å². The minimum absolute atomic E-state index is 0.00429. The molecule has 0 radical (unpaired) electrons. The number of carboxylic acids is 1. The Hall–Kier alpha value is -3.39. The maximum Gasteiger partial charge on any atom is 0.407 e. The highest BCUT2D eigenvalue weighted by Gasteiger charge is 2.41. The number of aliphatic carboxylic acids is 1. The number of rotatable bonds is 6. The maximum atomic E-state index is 12.8. The van der Waals surface area contributed by atoms with E-state index in [9.17, 15) is 19.5 Å². The topological polar surface area (TPSA) is 105 Å². The fraction of sp³-hybridized carbons (Fsp3) is 0.444. The van der Waals surface area contributed by atoms with Gasteiger partial charge in [-0.15, -0.1) is 0 Å². The Labute approximate surface area is 204 Å². The van der Waals surface area contributed by atoms with Gasteiger partial charge in [-0.3, -0.25) is 9.59 Å². The summed E-state index contributed by atoms with van der Waals surface area (Å²) in [6.45, 7) is 3.00. The van der Waals surface area contributed by atoms with E-state index in [1.165, 1.54) is 11.1 Å². The number of likely N-dealkylation sites (tertiary alicyclic amines) is 1. The molecule has 1 aliphatic carbocycles. The van der Waals surface area contributed by atoms with E-state index in [1.54, 1.807) is 4.90 Å². The number of benzene rings is 2. The lowest BCUT2D eigenvalue weighted by Crippen LogP contribution is -2.39. The van der Waals surface area contributed by atoms with Gasteiger partial charge in [-0.25, -0.2) is 4.79 Å². The summed E-state index contributed by atoms with van der Waals surface area (Å²) in [7, 11) is 0. The Bertz CT molecular complexity index is 1090. The molecule has 2 N–H and O–H groups in total. The summed E-state index contributed by atoms with van der Waals surface area (Å²) in [6, 6.07) is 16.4. The Morgan fingerprint density at radius 1 is 1.03 bits per heavy atom.